The molecule has 3 aliphatic rings. The standard InChI is InChI=1S/C13H13NO4/c1-6(2)13(17)18-14-11(15)9-7-3-4-8(5-7)10(9)12(14)16/h3-4,7-10H,1,5H2,2H3. The van der Waals surface area contributed by atoms with Crippen LogP contribution in [0.1, 0.15) is 13.3 Å². The van der Waals surface area contributed by atoms with Crippen molar-refractivity contribution in [3.8, 4) is 0 Å². The first-order chi connectivity index (χ1) is 8.50. The fourth-order valence-electron chi connectivity index (χ4n) is 3.13. The van der Waals surface area contributed by atoms with Gasteiger partial charge in [0, 0.05) is 5.57 Å². The molecule has 1 saturated heterocycles. The Morgan fingerprint density at radius 3 is 2.22 bits per heavy atom. The number of carbonyl (C=O) groups excluding carboxylic acids is 3. The number of hydrogen-bond donors (Lipinski definition) is 0. The molecule has 5 heteroatoms. The first-order valence-electron chi connectivity index (χ1n) is 5.94. The highest BCUT2D eigenvalue weighted by Gasteiger charge is 2.60. The van der Waals surface area contributed by atoms with E-state index in [4.69, 9.17) is 4.84 Å². The molecule has 0 N–H and O–H groups in total. The van der Waals surface area contributed by atoms with E-state index in [-0.39, 0.29) is 29.2 Å². The molecule has 1 heterocycles. The zero-order valence-corrected chi connectivity index (χ0v) is 9.96. The lowest BCUT2D eigenvalue weighted by molar-refractivity contribution is -0.196. The van der Waals surface area contributed by atoms with Gasteiger partial charge in [0.25, 0.3) is 11.8 Å². The maximum absolute atomic E-state index is 12.1. The Hall–Kier alpha value is -1.91. The van der Waals surface area contributed by atoms with Gasteiger partial charge in [-0.15, -0.1) is 5.06 Å². The normalized spacial score (nSPS) is 36.2. The first kappa shape index (κ1) is 11.2. The first-order valence-corrected chi connectivity index (χ1v) is 5.94. The minimum atomic E-state index is -0.739. The highest BCUT2D eigenvalue weighted by Crippen LogP contribution is 2.52. The zero-order chi connectivity index (χ0) is 13.0. The number of carbonyl (C=O) groups is 3. The predicted octanol–water partition coefficient (Wildman–Crippen LogP) is 0.828. The minimum Gasteiger partial charge on any atom is -0.325 e. The van der Waals surface area contributed by atoms with Gasteiger partial charge in [-0.25, -0.2) is 4.79 Å². The summed E-state index contributed by atoms with van der Waals surface area (Å²) in [6.07, 6.45) is 4.83. The van der Waals surface area contributed by atoms with Gasteiger partial charge in [0.2, 0.25) is 0 Å². The zero-order valence-electron chi connectivity index (χ0n) is 9.96. The van der Waals surface area contributed by atoms with Crippen LogP contribution in [0, 0.1) is 23.7 Å². The Morgan fingerprint density at radius 2 is 1.78 bits per heavy atom. The second-order valence-corrected chi connectivity index (χ2v) is 5.13. The van der Waals surface area contributed by atoms with E-state index >= 15 is 0 Å². The molecule has 94 valence electrons. The predicted molar refractivity (Wildman–Crippen MR) is 60.5 cm³/mol. The highest BCUT2D eigenvalue weighted by molar-refractivity contribution is 6.06. The maximum atomic E-state index is 12.1. The average molecular weight is 247 g/mol. The van der Waals surface area contributed by atoms with Crippen LogP contribution in [-0.2, 0) is 19.2 Å². The number of allylic oxidation sites excluding steroid dienone is 2. The SMILES string of the molecule is C=C(C)C(=O)ON1C(=O)C2C3C=CC(C3)C2C1=O. The molecule has 2 amide bonds. The third kappa shape index (κ3) is 1.30. The molecule has 2 bridgehead atoms. The molecule has 4 unspecified atom stereocenters. The Bertz CT molecular complexity index is 477. The molecule has 5 nitrogen and oxygen atoms in total. The molecule has 3 rings (SSSR count). The fourth-order valence-corrected chi connectivity index (χ4v) is 3.13. The van der Waals surface area contributed by atoms with Crippen molar-refractivity contribution in [3.05, 3.63) is 24.3 Å². The van der Waals surface area contributed by atoms with Gasteiger partial charge in [-0.2, -0.15) is 0 Å². The summed E-state index contributed by atoms with van der Waals surface area (Å²) in [5, 5.41) is 0.637. The summed E-state index contributed by atoms with van der Waals surface area (Å²) in [6.45, 7) is 4.90. The monoisotopic (exact) mass is 247 g/mol. The van der Waals surface area contributed by atoms with Gasteiger partial charge < -0.3 is 4.84 Å². The van der Waals surface area contributed by atoms with Gasteiger partial charge in [-0.05, 0) is 25.2 Å². The van der Waals surface area contributed by atoms with Crippen LogP contribution in [0.5, 0.6) is 0 Å². The van der Waals surface area contributed by atoms with Crippen LogP contribution in [0.3, 0.4) is 0 Å². The van der Waals surface area contributed by atoms with Crippen LogP contribution in [0.2, 0.25) is 0 Å². The van der Waals surface area contributed by atoms with Crippen molar-refractivity contribution in [2.45, 2.75) is 13.3 Å². The van der Waals surface area contributed by atoms with Gasteiger partial charge in [0.1, 0.15) is 0 Å². The van der Waals surface area contributed by atoms with Crippen LogP contribution in [-0.4, -0.2) is 22.8 Å². The Labute approximate surface area is 104 Å². The highest BCUT2D eigenvalue weighted by atomic mass is 16.7. The van der Waals surface area contributed by atoms with Crippen molar-refractivity contribution in [3.63, 3.8) is 0 Å². The lowest BCUT2D eigenvalue weighted by Gasteiger charge is -2.15. The molecule has 1 saturated carbocycles. The third-order valence-corrected chi connectivity index (χ3v) is 3.95. The molecule has 0 radical (unpaired) electrons. The molecule has 4 atom stereocenters. The van der Waals surface area contributed by atoms with E-state index in [1.54, 1.807) is 0 Å². The Balaban J connectivity index is 1.84. The largest absolute Gasteiger partial charge is 0.359 e. The van der Waals surface area contributed by atoms with Crippen molar-refractivity contribution < 1.29 is 19.2 Å². The number of fused-ring (bicyclic) bond motifs is 5. The lowest BCUT2D eigenvalue weighted by atomic mass is 9.85. The topological polar surface area (TPSA) is 63.7 Å². The van der Waals surface area contributed by atoms with E-state index in [2.05, 4.69) is 6.58 Å². The summed E-state index contributed by atoms with van der Waals surface area (Å²) >= 11 is 0. The molecule has 0 aromatic heterocycles. The van der Waals surface area contributed by atoms with E-state index in [1.165, 1.54) is 6.92 Å². The van der Waals surface area contributed by atoms with Gasteiger partial charge >= 0.3 is 5.97 Å². The number of amides is 2. The van der Waals surface area contributed by atoms with Crippen LogP contribution in [0.4, 0.5) is 0 Å². The molecular weight excluding hydrogens is 234 g/mol. The van der Waals surface area contributed by atoms with Crippen molar-refractivity contribution in [2.24, 2.45) is 23.7 Å². The number of hydrogen-bond acceptors (Lipinski definition) is 4. The number of imide groups is 1. The second kappa shape index (κ2) is 3.54. The molecule has 18 heavy (non-hydrogen) atoms. The lowest BCUT2D eigenvalue weighted by Crippen LogP contribution is -2.35. The van der Waals surface area contributed by atoms with Gasteiger partial charge in [0.05, 0.1) is 11.8 Å². The van der Waals surface area contributed by atoms with Crippen LogP contribution < -0.4 is 0 Å². The summed E-state index contributed by atoms with van der Waals surface area (Å²) in [7, 11) is 0. The van der Waals surface area contributed by atoms with Crippen LogP contribution in [0.15, 0.2) is 24.3 Å². The molecule has 2 fully saturated rings. The van der Waals surface area contributed by atoms with E-state index in [1.807, 2.05) is 12.2 Å². The van der Waals surface area contributed by atoms with Crippen molar-refractivity contribution in [1.82, 2.24) is 5.06 Å². The molecule has 0 spiro atoms. The van der Waals surface area contributed by atoms with Crippen molar-refractivity contribution in [2.75, 3.05) is 0 Å². The number of nitrogens with zero attached hydrogens (tertiary/aromatic N) is 1. The minimum absolute atomic E-state index is 0.116. The maximum Gasteiger partial charge on any atom is 0.359 e. The molecule has 0 aromatic carbocycles. The fraction of sp³-hybridized carbons (Fsp3) is 0.462. The molecule has 2 aliphatic carbocycles. The second-order valence-electron chi connectivity index (χ2n) is 5.13. The van der Waals surface area contributed by atoms with Gasteiger partial charge in [-0.3, -0.25) is 9.59 Å². The van der Waals surface area contributed by atoms with Crippen molar-refractivity contribution >= 4 is 17.8 Å². The molecule has 0 aromatic rings. The summed E-state index contributed by atoms with van der Waals surface area (Å²) in [5.41, 5.74) is 0.161. The van der Waals surface area contributed by atoms with Crippen LogP contribution in [0.25, 0.3) is 0 Å². The van der Waals surface area contributed by atoms with E-state index in [0.717, 1.165) is 6.42 Å². The smallest absolute Gasteiger partial charge is 0.325 e. The summed E-state index contributed by atoms with van der Waals surface area (Å²) in [4.78, 5) is 40.5. The Kier molecular flexibility index (Phi) is 2.20. The van der Waals surface area contributed by atoms with Crippen molar-refractivity contribution in [1.29, 1.82) is 0 Å². The summed E-state index contributed by atoms with van der Waals surface area (Å²) < 4.78 is 0. The average Bonchev–Trinajstić information content (AvgIpc) is 2.98. The van der Waals surface area contributed by atoms with E-state index in [0.29, 0.717) is 5.06 Å². The quantitative estimate of drug-likeness (QED) is 0.412. The number of rotatable bonds is 2. The molecule has 1 aliphatic heterocycles. The summed E-state index contributed by atoms with van der Waals surface area (Å²) in [5.74, 6) is -1.98. The summed E-state index contributed by atoms with van der Waals surface area (Å²) in [6, 6.07) is 0. The number of hydroxylamine groups is 2. The Morgan fingerprint density at radius 1 is 1.28 bits per heavy atom. The van der Waals surface area contributed by atoms with E-state index < -0.39 is 17.8 Å². The van der Waals surface area contributed by atoms with Gasteiger partial charge in [0.15, 0.2) is 0 Å². The van der Waals surface area contributed by atoms with E-state index in [9.17, 15) is 14.4 Å². The van der Waals surface area contributed by atoms with Crippen LogP contribution >= 0.6 is 0 Å². The molecular formula is C13H13NO4. The third-order valence-electron chi connectivity index (χ3n) is 3.95. The van der Waals surface area contributed by atoms with Gasteiger partial charge in [-0.1, -0.05) is 18.7 Å².